The highest BCUT2D eigenvalue weighted by Gasteiger charge is 2.03. The van der Waals surface area contributed by atoms with E-state index in [-0.39, 0.29) is 0 Å². The molecule has 0 amide bonds. The molecule has 0 saturated heterocycles. The van der Waals surface area contributed by atoms with Gasteiger partial charge < -0.3 is 5.32 Å². The summed E-state index contributed by atoms with van der Waals surface area (Å²) in [6.07, 6.45) is 5.07. The smallest absolute Gasteiger partial charge is 0.156 e. The molecule has 4 heteroatoms. The van der Waals surface area contributed by atoms with Crippen LogP contribution >= 0.6 is 11.8 Å². The van der Waals surface area contributed by atoms with Crippen LogP contribution < -0.4 is 5.32 Å². The summed E-state index contributed by atoms with van der Waals surface area (Å²) in [5, 5.41) is 14.5. The van der Waals surface area contributed by atoms with Gasteiger partial charge in [-0.05, 0) is 12.7 Å². The monoisotopic (exact) mass is 247 g/mol. The topological polar surface area (TPSA) is 37.8 Å². The molecule has 1 heterocycles. The van der Waals surface area contributed by atoms with E-state index < -0.39 is 0 Å². The van der Waals surface area contributed by atoms with E-state index in [1.165, 1.54) is 0 Å². The second kappa shape index (κ2) is 5.87. The highest BCUT2D eigenvalue weighted by atomic mass is 32.2. The predicted molar refractivity (Wildman–Crippen MR) is 75.6 cm³/mol. The van der Waals surface area contributed by atoms with Crippen molar-refractivity contribution in [1.82, 2.24) is 10.2 Å². The molecule has 3 nitrogen and oxygen atoms in total. The Morgan fingerprint density at radius 2 is 2.18 bits per heavy atom. The van der Waals surface area contributed by atoms with Gasteiger partial charge in [0.25, 0.3) is 0 Å². The Labute approximate surface area is 106 Å². The highest BCUT2D eigenvalue weighted by Crippen LogP contribution is 2.19. The average Bonchev–Trinajstić information content (AvgIpc) is 2.39. The van der Waals surface area contributed by atoms with Crippen LogP contribution in [0, 0.1) is 0 Å². The number of nitrogens with zero attached hydrogens (tertiary/aromatic N) is 2. The van der Waals surface area contributed by atoms with Gasteiger partial charge in [0, 0.05) is 22.6 Å². The van der Waals surface area contributed by atoms with Gasteiger partial charge in [-0.2, -0.15) is 16.9 Å². The number of hydrogen-bond donors (Lipinski definition) is 1. The Hall–Kier alpha value is -1.29. The first-order chi connectivity index (χ1) is 8.31. The molecule has 0 aliphatic rings. The maximum Gasteiger partial charge on any atom is 0.156 e. The Morgan fingerprint density at radius 1 is 1.35 bits per heavy atom. The Bertz CT molecular complexity index is 482. The van der Waals surface area contributed by atoms with Crippen LogP contribution in [0.15, 0.2) is 30.5 Å². The standard InChI is InChI=1S/C13H17N3S/c1-10(17-2)7-8-14-13-12-6-4-3-5-11(12)9-15-16-13/h3-6,9-10H,7-8H2,1-2H3,(H,14,16). The third kappa shape index (κ3) is 3.09. The summed E-state index contributed by atoms with van der Waals surface area (Å²) in [6.45, 7) is 3.17. The molecule has 1 aromatic heterocycles. The first-order valence-corrected chi connectivity index (χ1v) is 7.07. The number of hydrogen-bond acceptors (Lipinski definition) is 4. The van der Waals surface area contributed by atoms with Crippen molar-refractivity contribution in [2.75, 3.05) is 18.1 Å². The number of aromatic nitrogens is 2. The number of anilines is 1. The Balaban J connectivity index is 2.08. The van der Waals surface area contributed by atoms with E-state index >= 15 is 0 Å². The van der Waals surface area contributed by atoms with Gasteiger partial charge in [0.2, 0.25) is 0 Å². The van der Waals surface area contributed by atoms with Gasteiger partial charge in [-0.1, -0.05) is 31.2 Å². The molecule has 90 valence electrons. The van der Waals surface area contributed by atoms with Crippen molar-refractivity contribution in [3.8, 4) is 0 Å². The van der Waals surface area contributed by atoms with Crippen molar-refractivity contribution in [3.05, 3.63) is 30.5 Å². The zero-order valence-corrected chi connectivity index (χ0v) is 11.0. The van der Waals surface area contributed by atoms with E-state index in [1.807, 2.05) is 23.9 Å². The predicted octanol–water partition coefficient (Wildman–Crippen LogP) is 3.18. The maximum absolute atomic E-state index is 4.16. The zero-order valence-electron chi connectivity index (χ0n) is 10.2. The molecule has 17 heavy (non-hydrogen) atoms. The normalized spacial score (nSPS) is 12.6. The average molecular weight is 247 g/mol. The number of thioether (sulfide) groups is 1. The molecule has 1 atom stereocenters. The molecule has 0 radical (unpaired) electrons. The van der Waals surface area contributed by atoms with Crippen LogP contribution in [0.5, 0.6) is 0 Å². The summed E-state index contributed by atoms with van der Waals surface area (Å²) in [5.41, 5.74) is 0. The first-order valence-electron chi connectivity index (χ1n) is 5.78. The number of fused-ring (bicyclic) bond motifs is 1. The van der Waals surface area contributed by atoms with E-state index in [9.17, 15) is 0 Å². The van der Waals surface area contributed by atoms with Crippen molar-refractivity contribution < 1.29 is 0 Å². The number of nitrogens with one attached hydrogen (secondary N) is 1. The number of benzene rings is 1. The Morgan fingerprint density at radius 3 is 3.00 bits per heavy atom. The Kier molecular flexibility index (Phi) is 4.20. The van der Waals surface area contributed by atoms with Gasteiger partial charge in [0.15, 0.2) is 5.82 Å². The summed E-state index contributed by atoms with van der Waals surface area (Å²) in [4.78, 5) is 0. The zero-order chi connectivity index (χ0) is 12.1. The molecule has 0 bridgehead atoms. The van der Waals surface area contributed by atoms with E-state index in [4.69, 9.17) is 0 Å². The lowest BCUT2D eigenvalue weighted by atomic mass is 10.2. The van der Waals surface area contributed by atoms with Crippen LogP contribution in [0.3, 0.4) is 0 Å². The van der Waals surface area contributed by atoms with E-state index in [0.29, 0.717) is 5.25 Å². The molecule has 2 rings (SSSR count). The first kappa shape index (κ1) is 12.2. The lowest BCUT2D eigenvalue weighted by molar-refractivity contribution is 0.847. The lowest BCUT2D eigenvalue weighted by Crippen LogP contribution is -2.09. The van der Waals surface area contributed by atoms with E-state index in [2.05, 4.69) is 40.8 Å². The largest absolute Gasteiger partial charge is 0.368 e. The van der Waals surface area contributed by atoms with Crippen LogP contribution in [-0.4, -0.2) is 28.2 Å². The molecular weight excluding hydrogens is 230 g/mol. The molecule has 1 unspecified atom stereocenters. The van der Waals surface area contributed by atoms with Crippen LogP contribution in [0.1, 0.15) is 13.3 Å². The van der Waals surface area contributed by atoms with Crippen molar-refractivity contribution in [2.24, 2.45) is 0 Å². The third-order valence-electron chi connectivity index (χ3n) is 2.82. The van der Waals surface area contributed by atoms with Crippen molar-refractivity contribution in [1.29, 1.82) is 0 Å². The van der Waals surface area contributed by atoms with Crippen LogP contribution in [-0.2, 0) is 0 Å². The SMILES string of the molecule is CSC(C)CCNc1nncc2ccccc12. The van der Waals surface area contributed by atoms with Crippen molar-refractivity contribution in [3.63, 3.8) is 0 Å². The molecule has 1 aromatic carbocycles. The quantitative estimate of drug-likeness (QED) is 0.880. The van der Waals surface area contributed by atoms with Gasteiger partial charge in [0.05, 0.1) is 6.20 Å². The molecule has 0 aliphatic heterocycles. The molecule has 0 saturated carbocycles. The van der Waals surface area contributed by atoms with Gasteiger partial charge in [-0.25, -0.2) is 0 Å². The molecule has 0 aliphatic carbocycles. The van der Waals surface area contributed by atoms with E-state index in [0.717, 1.165) is 29.6 Å². The van der Waals surface area contributed by atoms with Crippen LogP contribution in [0.25, 0.3) is 10.8 Å². The second-order valence-corrected chi connectivity index (χ2v) is 5.32. The number of rotatable bonds is 5. The summed E-state index contributed by atoms with van der Waals surface area (Å²) < 4.78 is 0. The van der Waals surface area contributed by atoms with Crippen LogP contribution in [0.4, 0.5) is 5.82 Å². The summed E-state index contributed by atoms with van der Waals surface area (Å²) in [7, 11) is 0. The van der Waals surface area contributed by atoms with Gasteiger partial charge >= 0.3 is 0 Å². The molecule has 0 spiro atoms. The van der Waals surface area contributed by atoms with Gasteiger partial charge in [-0.3, -0.25) is 0 Å². The van der Waals surface area contributed by atoms with Gasteiger partial charge in [0.1, 0.15) is 0 Å². The fourth-order valence-electron chi connectivity index (χ4n) is 1.67. The fraction of sp³-hybridized carbons (Fsp3) is 0.385. The molecule has 0 fully saturated rings. The second-order valence-electron chi connectivity index (χ2n) is 4.04. The summed E-state index contributed by atoms with van der Waals surface area (Å²) in [6, 6.07) is 8.17. The molecular formula is C13H17N3S. The third-order valence-corrected chi connectivity index (χ3v) is 3.86. The molecule has 1 N–H and O–H groups in total. The minimum Gasteiger partial charge on any atom is -0.368 e. The summed E-state index contributed by atoms with van der Waals surface area (Å²) >= 11 is 1.89. The maximum atomic E-state index is 4.16. The van der Waals surface area contributed by atoms with Crippen LogP contribution in [0.2, 0.25) is 0 Å². The highest BCUT2D eigenvalue weighted by molar-refractivity contribution is 7.99. The minimum absolute atomic E-state index is 0.672. The minimum atomic E-state index is 0.672. The lowest BCUT2D eigenvalue weighted by Gasteiger charge is -2.10. The fourth-order valence-corrected chi connectivity index (χ4v) is 2.02. The van der Waals surface area contributed by atoms with Crippen molar-refractivity contribution in [2.45, 2.75) is 18.6 Å². The molecule has 2 aromatic rings. The summed E-state index contributed by atoms with van der Waals surface area (Å²) in [5.74, 6) is 0.886. The van der Waals surface area contributed by atoms with Crippen molar-refractivity contribution >= 4 is 28.4 Å². The van der Waals surface area contributed by atoms with E-state index in [1.54, 1.807) is 6.20 Å². The van der Waals surface area contributed by atoms with Gasteiger partial charge in [-0.15, -0.1) is 5.10 Å².